The van der Waals surface area contributed by atoms with Gasteiger partial charge < -0.3 is 5.11 Å². The van der Waals surface area contributed by atoms with Crippen molar-refractivity contribution >= 4 is 11.6 Å². The molecule has 0 aliphatic rings. The van der Waals surface area contributed by atoms with Crippen LogP contribution >= 0.6 is 0 Å². The lowest BCUT2D eigenvalue weighted by Crippen LogP contribution is -2.20. The van der Waals surface area contributed by atoms with Gasteiger partial charge in [0.2, 0.25) is 5.91 Å². The molecule has 4 heteroatoms. The van der Waals surface area contributed by atoms with Gasteiger partial charge in [-0.05, 0) is 46.4 Å². The number of phenols is 1. The number of rotatable bonds is 5. The van der Waals surface area contributed by atoms with Crippen molar-refractivity contribution in [1.29, 1.82) is 0 Å². The van der Waals surface area contributed by atoms with Crippen LogP contribution in [0.5, 0.6) is 5.75 Å². The van der Waals surface area contributed by atoms with E-state index < -0.39 is 0 Å². The van der Waals surface area contributed by atoms with Crippen LogP contribution in [-0.4, -0.2) is 16.7 Å². The van der Waals surface area contributed by atoms with Crippen LogP contribution in [-0.2, 0) is 22.0 Å². The van der Waals surface area contributed by atoms with Crippen LogP contribution < -0.4 is 5.43 Å². The molecule has 4 nitrogen and oxygen atoms in total. The summed E-state index contributed by atoms with van der Waals surface area (Å²) >= 11 is 0. The van der Waals surface area contributed by atoms with Crippen molar-refractivity contribution in [2.24, 2.45) is 5.10 Å². The van der Waals surface area contributed by atoms with E-state index in [1.165, 1.54) is 0 Å². The zero-order chi connectivity index (χ0) is 21.8. The molecule has 0 aliphatic heterocycles. The van der Waals surface area contributed by atoms with Gasteiger partial charge in [-0.2, -0.15) is 5.10 Å². The van der Waals surface area contributed by atoms with Crippen LogP contribution in [0.15, 0.2) is 47.6 Å². The molecule has 2 N–H and O–H groups in total. The molecule has 0 spiro atoms. The van der Waals surface area contributed by atoms with Crippen molar-refractivity contribution in [3.8, 4) is 5.75 Å². The smallest absolute Gasteiger partial charge is 0.240 e. The fourth-order valence-electron chi connectivity index (χ4n) is 3.19. The average molecular weight is 395 g/mol. The minimum Gasteiger partial charge on any atom is -0.507 e. The molecule has 2 aromatic rings. The predicted molar refractivity (Wildman–Crippen MR) is 121 cm³/mol. The summed E-state index contributed by atoms with van der Waals surface area (Å²) in [6.45, 7) is 14.4. The highest BCUT2D eigenvalue weighted by molar-refractivity contribution is 5.99. The van der Waals surface area contributed by atoms with Crippen LogP contribution in [0.2, 0.25) is 0 Å². The van der Waals surface area contributed by atoms with Crippen molar-refractivity contribution in [3.05, 3.63) is 64.7 Å². The predicted octanol–water partition coefficient (Wildman–Crippen LogP) is 5.46. The normalized spacial score (nSPS) is 12.7. The highest BCUT2D eigenvalue weighted by Crippen LogP contribution is 2.39. The maximum absolute atomic E-state index is 12.3. The molecule has 0 bridgehead atoms. The monoisotopic (exact) mass is 394 g/mol. The standard InChI is InChI=1S/C25H34N2O2/c1-17(19-11-9-8-10-12-19)26-27-22(28)14-13-18-15-20(24(2,3)4)23(29)21(16-18)25(5,6)7/h8-12,15-16,29H,13-14H2,1-7H3,(H,27,28). The number of phenolic OH excluding ortho intramolecular Hbond substituents is 1. The number of carbonyl (C=O) groups excluding carboxylic acids is 1. The summed E-state index contributed by atoms with van der Waals surface area (Å²) in [5.41, 5.74) is 6.93. The molecular weight excluding hydrogens is 360 g/mol. The number of amides is 1. The van der Waals surface area contributed by atoms with Gasteiger partial charge in [-0.15, -0.1) is 0 Å². The summed E-state index contributed by atoms with van der Waals surface area (Å²) in [5, 5.41) is 15.0. The number of hydrogen-bond donors (Lipinski definition) is 2. The highest BCUT2D eigenvalue weighted by atomic mass is 16.3. The fraction of sp³-hybridized carbons (Fsp3) is 0.440. The third-order valence-electron chi connectivity index (χ3n) is 4.97. The number of aryl methyl sites for hydroxylation is 1. The highest BCUT2D eigenvalue weighted by Gasteiger charge is 2.26. The minimum atomic E-state index is -0.181. The van der Waals surface area contributed by atoms with E-state index in [0.717, 1.165) is 28.0 Å². The third-order valence-corrected chi connectivity index (χ3v) is 4.97. The van der Waals surface area contributed by atoms with Crippen LogP contribution in [0.3, 0.4) is 0 Å². The second-order valence-electron chi connectivity index (χ2n) is 9.64. The zero-order valence-corrected chi connectivity index (χ0v) is 18.8. The van der Waals surface area contributed by atoms with Gasteiger partial charge >= 0.3 is 0 Å². The van der Waals surface area contributed by atoms with Crippen molar-refractivity contribution in [1.82, 2.24) is 5.43 Å². The molecule has 29 heavy (non-hydrogen) atoms. The van der Waals surface area contributed by atoms with Gasteiger partial charge in [0.25, 0.3) is 0 Å². The molecule has 0 aromatic heterocycles. The van der Waals surface area contributed by atoms with Crippen LogP contribution in [0.4, 0.5) is 0 Å². The number of nitrogens with one attached hydrogen (secondary N) is 1. The zero-order valence-electron chi connectivity index (χ0n) is 18.8. The molecule has 0 saturated heterocycles. The van der Waals surface area contributed by atoms with Crippen molar-refractivity contribution in [2.75, 3.05) is 0 Å². The first kappa shape index (κ1) is 22.7. The number of benzene rings is 2. The Labute approximate surface area is 175 Å². The van der Waals surface area contributed by atoms with Crippen LogP contribution in [0.25, 0.3) is 0 Å². The number of carbonyl (C=O) groups is 1. The van der Waals surface area contributed by atoms with Crippen molar-refractivity contribution < 1.29 is 9.90 Å². The van der Waals surface area contributed by atoms with E-state index in [9.17, 15) is 9.90 Å². The molecule has 0 radical (unpaired) electrons. The molecule has 2 aromatic carbocycles. The second kappa shape index (κ2) is 8.81. The lowest BCUT2D eigenvalue weighted by atomic mass is 9.78. The number of hydrazone groups is 1. The second-order valence-corrected chi connectivity index (χ2v) is 9.64. The Morgan fingerprint density at radius 1 is 0.966 bits per heavy atom. The molecule has 0 atom stereocenters. The first-order valence-electron chi connectivity index (χ1n) is 10.1. The Hall–Kier alpha value is -2.62. The van der Waals surface area contributed by atoms with Gasteiger partial charge in [-0.25, -0.2) is 5.43 Å². The maximum Gasteiger partial charge on any atom is 0.240 e. The Bertz CT molecular complexity index is 850. The van der Waals surface area contributed by atoms with E-state index in [2.05, 4.69) is 52.1 Å². The van der Waals surface area contributed by atoms with Crippen molar-refractivity contribution in [3.63, 3.8) is 0 Å². The minimum absolute atomic E-state index is 0.122. The molecule has 0 saturated carbocycles. The molecule has 2 rings (SSSR count). The van der Waals surface area contributed by atoms with E-state index in [-0.39, 0.29) is 16.7 Å². The molecule has 1 amide bonds. The molecule has 0 fully saturated rings. The SMILES string of the molecule is CC(=NNC(=O)CCc1cc(C(C)(C)C)c(O)c(C(C)(C)C)c1)c1ccccc1. The van der Waals surface area contributed by atoms with Gasteiger partial charge in [-0.1, -0.05) is 84.0 Å². The summed E-state index contributed by atoms with van der Waals surface area (Å²) in [7, 11) is 0. The lowest BCUT2D eigenvalue weighted by Gasteiger charge is -2.28. The largest absolute Gasteiger partial charge is 0.507 e. The summed E-state index contributed by atoms with van der Waals surface area (Å²) in [5.74, 6) is 0.240. The van der Waals surface area contributed by atoms with Gasteiger partial charge in [0.1, 0.15) is 5.75 Å². The van der Waals surface area contributed by atoms with E-state index in [1.54, 1.807) is 0 Å². The maximum atomic E-state index is 12.3. The number of hydrogen-bond acceptors (Lipinski definition) is 3. The topological polar surface area (TPSA) is 61.7 Å². The molecule has 156 valence electrons. The Morgan fingerprint density at radius 3 is 1.97 bits per heavy atom. The first-order chi connectivity index (χ1) is 13.4. The Morgan fingerprint density at radius 2 is 1.48 bits per heavy atom. The van der Waals surface area contributed by atoms with Gasteiger partial charge in [-0.3, -0.25) is 4.79 Å². The summed E-state index contributed by atoms with van der Waals surface area (Å²) in [6.07, 6.45) is 0.932. The first-order valence-corrected chi connectivity index (χ1v) is 10.1. The Kier molecular flexibility index (Phi) is 6.89. The van der Waals surface area contributed by atoms with Gasteiger partial charge in [0.05, 0.1) is 5.71 Å². The molecule has 0 heterocycles. The summed E-state index contributed by atoms with van der Waals surface area (Å²) in [6, 6.07) is 13.8. The van der Waals surface area contributed by atoms with Crippen LogP contribution in [0.1, 0.15) is 77.1 Å². The van der Waals surface area contributed by atoms with Gasteiger partial charge in [0, 0.05) is 6.42 Å². The fourth-order valence-corrected chi connectivity index (χ4v) is 3.19. The number of aromatic hydroxyl groups is 1. The lowest BCUT2D eigenvalue weighted by molar-refractivity contribution is -0.121. The van der Waals surface area contributed by atoms with E-state index in [0.29, 0.717) is 18.6 Å². The third kappa shape index (κ3) is 6.18. The average Bonchev–Trinajstić information content (AvgIpc) is 2.64. The van der Waals surface area contributed by atoms with E-state index in [4.69, 9.17) is 0 Å². The van der Waals surface area contributed by atoms with Gasteiger partial charge in [0.15, 0.2) is 0 Å². The Balaban J connectivity index is 2.14. The molecular formula is C25H34N2O2. The quantitative estimate of drug-likeness (QED) is 0.522. The molecule has 0 aliphatic carbocycles. The number of nitrogens with zero attached hydrogens (tertiary/aromatic N) is 1. The van der Waals surface area contributed by atoms with Crippen LogP contribution in [0, 0.1) is 0 Å². The van der Waals surface area contributed by atoms with E-state index in [1.807, 2.05) is 49.4 Å². The molecule has 0 unspecified atom stereocenters. The van der Waals surface area contributed by atoms with Crippen molar-refractivity contribution in [2.45, 2.75) is 72.1 Å². The summed E-state index contributed by atoms with van der Waals surface area (Å²) < 4.78 is 0. The van der Waals surface area contributed by atoms with E-state index >= 15 is 0 Å². The summed E-state index contributed by atoms with van der Waals surface area (Å²) in [4.78, 5) is 12.3.